The van der Waals surface area contributed by atoms with E-state index in [2.05, 4.69) is 261 Å². The molecule has 0 saturated heterocycles. The van der Waals surface area contributed by atoms with Crippen LogP contribution in [0.25, 0.3) is 17.2 Å². The zero-order chi connectivity index (χ0) is 58.2. The van der Waals surface area contributed by atoms with Gasteiger partial charge >= 0.3 is 0 Å². The summed E-state index contributed by atoms with van der Waals surface area (Å²) in [6.45, 7) is 33.3. The van der Waals surface area contributed by atoms with E-state index in [-0.39, 0.29) is 16.7 Å². The van der Waals surface area contributed by atoms with Crippen LogP contribution >= 0.6 is 0 Å². The number of terminal acetylenes is 1. The number of hydrogen-bond donors (Lipinski definition) is 0. The summed E-state index contributed by atoms with van der Waals surface area (Å²) in [5.74, 6) is 0.201. The minimum absolute atomic E-state index is 0.0346. The smallest absolute Gasteiger partial charge is 0.0503 e. The van der Waals surface area contributed by atoms with Crippen molar-refractivity contribution in [1.29, 1.82) is 0 Å². The Morgan fingerprint density at radius 1 is 0.654 bits per heavy atom. The number of fused-ring (bicyclic) bond motifs is 10. The Hall–Kier alpha value is -7.60. The van der Waals surface area contributed by atoms with Gasteiger partial charge in [0.05, 0.1) is 11.4 Å². The number of rotatable bonds is 10. The summed E-state index contributed by atoms with van der Waals surface area (Å²) in [6, 6.07) is 42.1. The Kier molecular flexibility index (Phi) is 19.0. The van der Waals surface area contributed by atoms with E-state index in [9.17, 15) is 0 Å². The van der Waals surface area contributed by atoms with E-state index in [0.717, 1.165) is 63.5 Å². The molecule has 0 aromatic heterocycles. The normalized spacial score (nSPS) is 17.6. The van der Waals surface area contributed by atoms with Gasteiger partial charge in [-0.05, 0) is 219 Å². The van der Waals surface area contributed by atoms with E-state index in [0.29, 0.717) is 0 Å². The van der Waals surface area contributed by atoms with Crippen molar-refractivity contribution in [2.45, 2.75) is 165 Å². The minimum atomic E-state index is 0.0346. The van der Waals surface area contributed by atoms with E-state index >= 15 is 0 Å². The van der Waals surface area contributed by atoms with Crippen LogP contribution in [0.15, 0.2) is 199 Å². The highest BCUT2D eigenvalue weighted by atomic mass is 15.2. The fraction of sp³-hybridized carbons (Fsp3) is 0.316. The van der Waals surface area contributed by atoms with Crippen molar-refractivity contribution in [3.63, 3.8) is 0 Å². The molecule has 1 atom stereocenters. The molecule has 5 aliphatic rings. The zero-order valence-corrected chi connectivity index (χ0v) is 51.4. The summed E-state index contributed by atoms with van der Waals surface area (Å²) in [5.41, 5.74) is 31.8. The number of allylic oxidation sites excluding steroid dienone is 11. The quantitative estimate of drug-likeness (QED) is 0.0995. The molecule has 2 heteroatoms. The Labute approximate surface area is 489 Å². The topological polar surface area (TPSA) is 6.48 Å². The first-order valence-electron chi connectivity index (χ1n) is 30.3. The molecule has 0 spiro atoms. The van der Waals surface area contributed by atoms with Gasteiger partial charge in [0.1, 0.15) is 0 Å². The van der Waals surface area contributed by atoms with Gasteiger partial charge in [0, 0.05) is 35.1 Å². The van der Waals surface area contributed by atoms with Crippen LogP contribution in [0.3, 0.4) is 0 Å². The maximum atomic E-state index is 4.54. The molecule has 0 aliphatic heterocycles. The number of nitrogens with zero attached hydrogens (tertiary/aromatic N) is 2. The molecule has 0 radical (unpaired) electrons. The monoisotopic (exact) mass is 1070 g/mol. The number of aryl methyl sites for hydroxylation is 1. The molecule has 0 amide bonds. The Balaban J connectivity index is 0.00000139. The molecule has 1 unspecified atom stereocenters. The van der Waals surface area contributed by atoms with Gasteiger partial charge < -0.3 is 9.80 Å². The second kappa shape index (κ2) is 25.9. The highest BCUT2D eigenvalue weighted by Gasteiger charge is 2.37. The third-order valence-electron chi connectivity index (χ3n) is 16.8. The van der Waals surface area contributed by atoms with E-state index in [1.54, 1.807) is 0 Å². The van der Waals surface area contributed by atoms with Crippen LogP contribution in [-0.4, -0.2) is 0 Å². The lowest BCUT2D eigenvalue weighted by Gasteiger charge is -2.34. The SMILES string of the molecule is C#C.C=C/C(=C\C=C/CC)N(c1cccc2c1Cc1c-2cccc1C(C)(C)C)c1cc2c(c3c1CCC=C3)CC1/C(=C(N(C(/C=C\C)=C3/Cc4cccc(C(C)(C)C)c4C3)c3cccc(C)c3)\C=C\C2)Cc2ccccc21.CC.CC. The maximum absolute atomic E-state index is 4.54. The first-order valence-corrected chi connectivity index (χ1v) is 30.3. The second-order valence-electron chi connectivity index (χ2n) is 23.8. The summed E-state index contributed by atoms with van der Waals surface area (Å²) in [5, 5.41) is 0. The predicted octanol–water partition coefficient (Wildman–Crippen LogP) is 21.0. The average Bonchev–Trinajstić information content (AvgIpc) is 4.34. The van der Waals surface area contributed by atoms with Crippen LogP contribution in [0.2, 0.25) is 0 Å². The van der Waals surface area contributed by atoms with Crippen molar-refractivity contribution in [1.82, 2.24) is 0 Å². The number of anilines is 3. The van der Waals surface area contributed by atoms with Crippen molar-refractivity contribution in [2.24, 2.45) is 0 Å². The van der Waals surface area contributed by atoms with Crippen LogP contribution in [-0.2, 0) is 55.8 Å². The van der Waals surface area contributed by atoms with Crippen LogP contribution in [0, 0.1) is 19.8 Å². The maximum Gasteiger partial charge on any atom is 0.0503 e. The van der Waals surface area contributed by atoms with E-state index < -0.39 is 0 Å². The molecule has 11 rings (SSSR count). The summed E-state index contributed by atoms with van der Waals surface area (Å²) in [6.07, 6.45) is 39.9. The molecular weight excluding hydrogens is 977 g/mol. The predicted molar refractivity (Wildman–Crippen MR) is 354 cm³/mol. The minimum Gasteiger partial charge on any atom is -0.311 e. The van der Waals surface area contributed by atoms with Gasteiger partial charge in [0.25, 0.3) is 0 Å². The van der Waals surface area contributed by atoms with Crippen molar-refractivity contribution >= 4 is 23.1 Å². The zero-order valence-electron chi connectivity index (χ0n) is 51.4. The van der Waals surface area contributed by atoms with Gasteiger partial charge in [-0.25, -0.2) is 0 Å². The lowest BCUT2D eigenvalue weighted by atomic mass is 9.81. The Bertz CT molecular complexity index is 3540. The van der Waals surface area contributed by atoms with Gasteiger partial charge in [-0.1, -0.05) is 204 Å². The fourth-order valence-electron chi connectivity index (χ4n) is 13.4. The van der Waals surface area contributed by atoms with Crippen molar-refractivity contribution in [2.75, 3.05) is 9.80 Å². The molecule has 2 nitrogen and oxygen atoms in total. The molecule has 0 heterocycles. The molecule has 5 aliphatic carbocycles. The number of benzene rings is 6. The highest BCUT2D eigenvalue weighted by Crippen LogP contribution is 2.51. The molecule has 416 valence electrons. The van der Waals surface area contributed by atoms with Crippen molar-refractivity contribution in [3.8, 4) is 24.0 Å². The summed E-state index contributed by atoms with van der Waals surface area (Å²) in [4.78, 5) is 5.25. The molecule has 6 aromatic rings. The third kappa shape index (κ3) is 11.8. The standard InChI is InChI=1S/C73H76N2.2C2H6.C2H2/c1-11-14-15-30-53(13-3)74(70-40-24-36-57-56-35-23-38-67(73(8,9)10)63(56)47-65(57)70)71-45-51-29-22-39-69(64-43-50-27-16-17-32-55(50)62(64)46-60(51)58-33-18-19-34-59(58)71)75(54-31-20-26-48(4)41-54)68(25-12-2)52-42-49-28-21-37-66(61(49)44-52)72(5,6)7;3*1-2/h12-18,20-28,30-33,35-41,45,62H,3,11,19,29,34,42-44,46-47H2,1-2,4-10H3;2*1-2H3;1-2H/b15-14-,25-12-,39-22+,53-30+,68-52-,69-64+;;;. The Morgan fingerprint density at radius 3 is 2.04 bits per heavy atom. The largest absolute Gasteiger partial charge is 0.311 e. The van der Waals surface area contributed by atoms with Gasteiger partial charge in [-0.15, -0.1) is 12.8 Å². The highest BCUT2D eigenvalue weighted by molar-refractivity contribution is 5.89. The van der Waals surface area contributed by atoms with Gasteiger partial charge in [0.15, 0.2) is 0 Å². The van der Waals surface area contributed by atoms with Gasteiger partial charge in [0.2, 0.25) is 0 Å². The lowest BCUT2D eigenvalue weighted by molar-refractivity contribution is 0.584. The molecule has 81 heavy (non-hydrogen) atoms. The van der Waals surface area contributed by atoms with Crippen LogP contribution in [0.5, 0.6) is 0 Å². The summed E-state index contributed by atoms with van der Waals surface area (Å²) < 4.78 is 0. The number of hydrogen-bond acceptors (Lipinski definition) is 2. The summed E-state index contributed by atoms with van der Waals surface area (Å²) in [7, 11) is 0. The van der Waals surface area contributed by atoms with Gasteiger partial charge in [-0.2, -0.15) is 0 Å². The average molecular weight is 1070 g/mol. The fourth-order valence-corrected chi connectivity index (χ4v) is 13.4. The lowest BCUT2D eigenvalue weighted by Crippen LogP contribution is -2.25. The van der Waals surface area contributed by atoms with Gasteiger partial charge in [-0.3, -0.25) is 0 Å². The van der Waals surface area contributed by atoms with Crippen molar-refractivity contribution in [3.05, 3.63) is 271 Å². The first kappa shape index (κ1) is 59.5. The van der Waals surface area contributed by atoms with Crippen molar-refractivity contribution < 1.29 is 0 Å². The van der Waals surface area contributed by atoms with Crippen LogP contribution in [0.4, 0.5) is 17.1 Å². The first-order chi connectivity index (χ1) is 39.3. The molecule has 6 aromatic carbocycles. The van der Waals surface area contributed by atoms with E-state index in [1.165, 1.54) is 123 Å². The third-order valence-corrected chi connectivity index (χ3v) is 16.8. The van der Waals surface area contributed by atoms with E-state index in [1.807, 2.05) is 27.7 Å². The molecule has 0 saturated carbocycles. The molecule has 0 bridgehead atoms. The van der Waals surface area contributed by atoms with Crippen LogP contribution in [0.1, 0.15) is 174 Å². The molecule has 0 fully saturated rings. The molecule has 0 N–H and O–H groups in total. The summed E-state index contributed by atoms with van der Waals surface area (Å²) >= 11 is 0. The molecular formula is C79H90N2. The second-order valence-corrected chi connectivity index (χ2v) is 23.8. The van der Waals surface area contributed by atoms with E-state index in [4.69, 9.17) is 0 Å². The van der Waals surface area contributed by atoms with Crippen LogP contribution < -0.4 is 9.80 Å². The Morgan fingerprint density at radius 2 is 1.33 bits per heavy atom.